The van der Waals surface area contributed by atoms with Crippen molar-refractivity contribution < 1.29 is 4.79 Å². The Morgan fingerprint density at radius 1 is 1.14 bits per heavy atom. The molecule has 0 atom stereocenters. The molecule has 3 rings (SSSR count). The van der Waals surface area contributed by atoms with Gasteiger partial charge in [0.05, 0.1) is 23.8 Å². The van der Waals surface area contributed by atoms with E-state index in [1.807, 2.05) is 24.3 Å². The van der Waals surface area contributed by atoms with E-state index < -0.39 is 0 Å². The lowest BCUT2D eigenvalue weighted by molar-refractivity contribution is 0.102. The Hall–Kier alpha value is -2.14. The molecule has 0 bridgehead atoms. The number of aromatic nitrogens is 2. The summed E-state index contributed by atoms with van der Waals surface area (Å²) < 4.78 is 0. The summed E-state index contributed by atoms with van der Waals surface area (Å²) in [7, 11) is 0. The number of para-hydroxylation sites is 2. The number of halogens is 1. The molecule has 1 aliphatic rings. The minimum absolute atomic E-state index is 0.246. The highest BCUT2D eigenvalue weighted by atomic mass is 35.5. The highest BCUT2D eigenvalue weighted by molar-refractivity contribution is 6.29. The summed E-state index contributed by atoms with van der Waals surface area (Å²) in [5, 5.41) is 3.16. The number of carbonyl (C=O) groups is 1. The second kappa shape index (κ2) is 6.10. The molecule has 1 aromatic heterocycles. The summed E-state index contributed by atoms with van der Waals surface area (Å²) in [6, 6.07) is 7.80. The predicted octanol–water partition coefficient (Wildman–Crippen LogP) is 2.98. The first-order valence-electron chi connectivity index (χ1n) is 6.87. The molecule has 21 heavy (non-hydrogen) atoms. The number of carbonyl (C=O) groups excluding carboxylic acids is 1. The number of anilines is 2. The standard InChI is InChI=1S/C15H15ClN4O/c16-14-10-17-12(9-18-14)15(21)19-11-5-1-2-6-13(11)20-7-3-4-8-20/h1-2,5-6,9-10H,3-4,7-8H2,(H,19,21). The third-order valence-corrected chi connectivity index (χ3v) is 3.65. The van der Waals surface area contributed by atoms with Crippen LogP contribution in [0.3, 0.4) is 0 Å². The second-order valence-corrected chi connectivity index (χ2v) is 5.28. The molecular weight excluding hydrogens is 288 g/mol. The fourth-order valence-electron chi connectivity index (χ4n) is 2.43. The van der Waals surface area contributed by atoms with E-state index >= 15 is 0 Å². The van der Waals surface area contributed by atoms with Crippen LogP contribution in [0.1, 0.15) is 23.3 Å². The quantitative estimate of drug-likeness (QED) is 0.947. The van der Waals surface area contributed by atoms with Gasteiger partial charge in [0, 0.05) is 13.1 Å². The maximum atomic E-state index is 12.2. The summed E-state index contributed by atoms with van der Waals surface area (Å²) >= 11 is 5.68. The van der Waals surface area contributed by atoms with Crippen LogP contribution in [0.4, 0.5) is 11.4 Å². The van der Waals surface area contributed by atoms with Crippen molar-refractivity contribution in [2.45, 2.75) is 12.8 Å². The molecule has 2 aromatic rings. The van der Waals surface area contributed by atoms with Gasteiger partial charge in [0.2, 0.25) is 0 Å². The molecule has 1 aliphatic heterocycles. The summed E-state index contributed by atoms with van der Waals surface area (Å²) in [4.78, 5) is 22.4. The van der Waals surface area contributed by atoms with Gasteiger partial charge in [-0.2, -0.15) is 0 Å². The number of hydrogen-bond donors (Lipinski definition) is 1. The number of hydrogen-bond acceptors (Lipinski definition) is 4. The molecular formula is C15H15ClN4O. The molecule has 108 valence electrons. The molecule has 0 aliphatic carbocycles. The Morgan fingerprint density at radius 3 is 2.62 bits per heavy atom. The zero-order chi connectivity index (χ0) is 14.7. The zero-order valence-electron chi connectivity index (χ0n) is 11.4. The molecule has 1 aromatic carbocycles. The van der Waals surface area contributed by atoms with E-state index in [1.165, 1.54) is 25.2 Å². The Labute approximate surface area is 128 Å². The average molecular weight is 303 g/mol. The summed E-state index contributed by atoms with van der Waals surface area (Å²) in [6.45, 7) is 2.04. The second-order valence-electron chi connectivity index (χ2n) is 4.89. The van der Waals surface area contributed by atoms with Gasteiger partial charge >= 0.3 is 0 Å². The fraction of sp³-hybridized carbons (Fsp3) is 0.267. The van der Waals surface area contributed by atoms with Crippen LogP contribution in [-0.4, -0.2) is 29.0 Å². The normalized spacial score (nSPS) is 14.2. The van der Waals surface area contributed by atoms with E-state index in [0.717, 1.165) is 24.5 Å². The minimum Gasteiger partial charge on any atom is -0.370 e. The Morgan fingerprint density at radius 2 is 1.90 bits per heavy atom. The van der Waals surface area contributed by atoms with Gasteiger partial charge in [0.1, 0.15) is 10.8 Å². The summed E-state index contributed by atoms with van der Waals surface area (Å²) in [6.07, 6.45) is 5.11. The third-order valence-electron chi connectivity index (χ3n) is 3.45. The van der Waals surface area contributed by atoms with Gasteiger partial charge in [-0.1, -0.05) is 23.7 Å². The van der Waals surface area contributed by atoms with E-state index in [2.05, 4.69) is 20.2 Å². The Bertz CT molecular complexity index is 638. The lowest BCUT2D eigenvalue weighted by Gasteiger charge is -2.21. The van der Waals surface area contributed by atoms with Crippen LogP contribution >= 0.6 is 11.6 Å². The van der Waals surface area contributed by atoms with E-state index in [-0.39, 0.29) is 16.8 Å². The van der Waals surface area contributed by atoms with Crippen molar-refractivity contribution in [3.8, 4) is 0 Å². The maximum absolute atomic E-state index is 12.2. The molecule has 0 saturated carbocycles. The highest BCUT2D eigenvalue weighted by Crippen LogP contribution is 2.28. The average Bonchev–Trinajstić information content (AvgIpc) is 3.02. The number of nitrogens with one attached hydrogen (secondary N) is 1. The van der Waals surface area contributed by atoms with Crippen molar-refractivity contribution in [3.63, 3.8) is 0 Å². The molecule has 2 heterocycles. The number of benzene rings is 1. The van der Waals surface area contributed by atoms with Crippen molar-refractivity contribution in [2.75, 3.05) is 23.3 Å². The van der Waals surface area contributed by atoms with Crippen LogP contribution in [0.5, 0.6) is 0 Å². The molecule has 1 fully saturated rings. The summed E-state index contributed by atoms with van der Waals surface area (Å²) in [5.41, 5.74) is 2.09. The van der Waals surface area contributed by atoms with Crippen LogP contribution in [0.2, 0.25) is 5.15 Å². The Kier molecular flexibility index (Phi) is 4.01. The van der Waals surface area contributed by atoms with E-state index in [0.29, 0.717) is 0 Å². The topological polar surface area (TPSA) is 58.1 Å². The van der Waals surface area contributed by atoms with E-state index in [4.69, 9.17) is 11.6 Å². The zero-order valence-corrected chi connectivity index (χ0v) is 12.2. The molecule has 0 radical (unpaired) electrons. The van der Waals surface area contributed by atoms with Crippen LogP contribution in [0.25, 0.3) is 0 Å². The molecule has 5 nitrogen and oxygen atoms in total. The molecule has 0 unspecified atom stereocenters. The number of rotatable bonds is 3. The molecule has 1 saturated heterocycles. The van der Waals surface area contributed by atoms with Crippen LogP contribution in [0.15, 0.2) is 36.7 Å². The van der Waals surface area contributed by atoms with Crippen LogP contribution < -0.4 is 10.2 Å². The number of nitrogens with zero attached hydrogens (tertiary/aromatic N) is 3. The smallest absolute Gasteiger partial charge is 0.275 e. The van der Waals surface area contributed by atoms with Crippen molar-refractivity contribution >= 4 is 28.9 Å². The van der Waals surface area contributed by atoms with E-state index in [1.54, 1.807) is 0 Å². The van der Waals surface area contributed by atoms with Gasteiger partial charge in [-0.15, -0.1) is 0 Å². The minimum atomic E-state index is -0.286. The maximum Gasteiger partial charge on any atom is 0.275 e. The van der Waals surface area contributed by atoms with Gasteiger partial charge in [-0.05, 0) is 25.0 Å². The first-order valence-corrected chi connectivity index (χ1v) is 7.25. The highest BCUT2D eigenvalue weighted by Gasteiger charge is 2.17. The van der Waals surface area contributed by atoms with Gasteiger partial charge in [-0.25, -0.2) is 9.97 Å². The lowest BCUT2D eigenvalue weighted by atomic mass is 10.2. The van der Waals surface area contributed by atoms with Crippen molar-refractivity contribution in [3.05, 3.63) is 47.5 Å². The van der Waals surface area contributed by atoms with Gasteiger partial charge in [0.25, 0.3) is 5.91 Å². The first-order chi connectivity index (χ1) is 10.2. The van der Waals surface area contributed by atoms with Gasteiger partial charge < -0.3 is 10.2 Å². The van der Waals surface area contributed by atoms with Crippen LogP contribution in [0, 0.1) is 0 Å². The number of amides is 1. The van der Waals surface area contributed by atoms with Crippen LogP contribution in [-0.2, 0) is 0 Å². The van der Waals surface area contributed by atoms with Gasteiger partial charge in [-0.3, -0.25) is 4.79 Å². The predicted molar refractivity (Wildman–Crippen MR) is 82.9 cm³/mol. The van der Waals surface area contributed by atoms with Crippen molar-refractivity contribution in [1.82, 2.24) is 9.97 Å². The fourth-order valence-corrected chi connectivity index (χ4v) is 2.53. The summed E-state index contributed by atoms with van der Waals surface area (Å²) in [5.74, 6) is -0.286. The van der Waals surface area contributed by atoms with Gasteiger partial charge in [0.15, 0.2) is 0 Å². The van der Waals surface area contributed by atoms with E-state index in [9.17, 15) is 4.79 Å². The molecule has 1 amide bonds. The van der Waals surface area contributed by atoms with Crippen molar-refractivity contribution in [2.24, 2.45) is 0 Å². The van der Waals surface area contributed by atoms with Crippen molar-refractivity contribution in [1.29, 1.82) is 0 Å². The third kappa shape index (κ3) is 3.13. The Balaban J connectivity index is 1.81. The lowest BCUT2D eigenvalue weighted by Crippen LogP contribution is -2.21. The molecule has 0 spiro atoms. The first kappa shape index (κ1) is 13.8. The SMILES string of the molecule is O=C(Nc1ccccc1N1CCCC1)c1cnc(Cl)cn1. The largest absolute Gasteiger partial charge is 0.370 e. The molecule has 1 N–H and O–H groups in total. The monoisotopic (exact) mass is 302 g/mol. The molecule has 6 heteroatoms.